The zero-order valence-corrected chi connectivity index (χ0v) is 12.2. The maximum atomic E-state index is 11.9. The molecule has 0 radical (unpaired) electrons. The lowest BCUT2D eigenvalue weighted by Crippen LogP contribution is -2.00. The molecule has 0 saturated carbocycles. The Balaban J connectivity index is 2.16. The Labute approximate surface area is 127 Å². The third-order valence-electron chi connectivity index (χ3n) is 3.07. The largest absolute Gasteiger partial charge is 0.465 e. The van der Waals surface area contributed by atoms with Gasteiger partial charge in [0.2, 0.25) is 0 Å². The van der Waals surface area contributed by atoms with Crippen LogP contribution in [0.4, 0.5) is 0 Å². The van der Waals surface area contributed by atoms with E-state index < -0.39 is 0 Å². The number of ether oxygens (including phenoxy) is 1. The van der Waals surface area contributed by atoms with Gasteiger partial charge in [0, 0.05) is 15.6 Å². The number of hydrogen-bond donors (Lipinski definition) is 0. The monoisotopic (exact) mass is 292 g/mol. The Morgan fingerprint density at radius 1 is 1.00 bits per heavy atom. The van der Waals surface area contributed by atoms with Gasteiger partial charge in [-0.1, -0.05) is 48.2 Å². The van der Waals surface area contributed by atoms with Crippen LogP contribution in [0.3, 0.4) is 0 Å². The SMILES string of the molecule is COC(=O)c1sc2ccccc2c1C#Cc1ccccc1. The molecule has 3 heteroatoms. The molecule has 0 aliphatic heterocycles. The van der Waals surface area contributed by atoms with Crippen molar-refractivity contribution in [2.75, 3.05) is 7.11 Å². The number of fused-ring (bicyclic) bond motifs is 1. The van der Waals surface area contributed by atoms with Crippen LogP contribution in [0.15, 0.2) is 54.6 Å². The second kappa shape index (κ2) is 5.82. The molecule has 0 spiro atoms. The number of rotatable bonds is 1. The average molecular weight is 292 g/mol. The summed E-state index contributed by atoms with van der Waals surface area (Å²) in [5, 5.41) is 0.992. The van der Waals surface area contributed by atoms with Crippen molar-refractivity contribution >= 4 is 27.4 Å². The molecule has 2 aromatic carbocycles. The summed E-state index contributed by atoms with van der Waals surface area (Å²) < 4.78 is 5.90. The molecule has 1 aromatic heterocycles. The van der Waals surface area contributed by atoms with Crippen LogP contribution in [0, 0.1) is 11.8 Å². The molecule has 0 atom stereocenters. The first-order valence-corrected chi connectivity index (χ1v) is 7.28. The lowest BCUT2D eigenvalue weighted by atomic mass is 10.1. The standard InChI is InChI=1S/C18H12O2S/c1-20-18(19)17-15(12-11-13-7-3-2-4-8-13)14-9-5-6-10-16(14)21-17/h2-10H,1H3. The third kappa shape index (κ3) is 2.67. The van der Waals surface area contributed by atoms with E-state index in [1.807, 2.05) is 54.6 Å². The molecule has 1 heterocycles. The van der Waals surface area contributed by atoms with Crippen LogP contribution >= 0.6 is 11.3 Å². The smallest absolute Gasteiger partial charge is 0.349 e. The van der Waals surface area contributed by atoms with E-state index in [9.17, 15) is 4.79 Å². The van der Waals surface area contributed by atoms with E-state index in [0.717, 1.165) is 21.2 Å². The number of carbonyl (C=O) groups is 1. The first kappa shape index (κ1) is 13.4. The van der Waals surface area contributed by atoms with Crippen molar-refractivity contribution in [3.05, 3.63) is 70.6 Å². The van der Waals surface area contributed by atoms with Gasteiger partial charge in [-0.2, -0.15) is 0 Å². The van der Waals surface area contributed by atoms with Gasteiger partial charge in [-0.25, -0.2) is 4.79 Å². The van der Waals surface area contributed by atoms with Gasteiger partial charge in [-0.05, 0) is 18.2 Å². The van der Waals surface area contributed by atoms with Gasteiger partial charge in [0.15, 0.2) is 0 Å². The molecule has 21 heavy (non-hydrogen) atoms. The lowest BCUT2D eigenvalue weighted by Gasteiger charge is -1.96. The topological polar surface area (TPSA) is 26.3 Å². The number of thiophene rings is 1. The van der Waals surface area contributed by atoms with Gasteiger partial charge in [0.1, 0.15) is 4.88 Å². The molecule has 0 saturated heterocycles. The maximum absolute atomic E-state index is 11.9. The van der Waals surface area contributed by atoms with E-state index in [2.05, 4.69) is 11.8 Å². The van der Waals surface area contributed by atoms with Crippen LogP contribution in [0.25, 0.3) is 10.1 Å². The Morgan fingerprint density at radius 2 is 1.71 bits per heavy atom. The normalized spacial score (nSPS) is 9.95. The highest BCUT2D eigenvalue weighted by Crippen LogP contribution is 2.31. The number of benzene rings is 2. The van der Waals surface area contributed by atoms with Crippen LogP contribution in [0.2, 0.25) is 0 Å². The van der Waals surface area contributed by atoms with E-state index in [1.54, 1.807) is 0 Å². The first-order valence-electron chi connectivity index (χ1n) is 6.46. The molecule has 0 N–H and O–H groups in total. The Hall–Kier alpha value is -2.57. The summed E-state index contributed by atoms with van der Waals surface area (Å²) in [6, 6.07) is 17.6. The highest BCUT2D eigenvalue weighted by molar-refractivity contribution is 7.21. The van der Waals surface area contributed by atoms with E-state index in [-0.39, 0.29) is 5.97 Å². The highest BCUT2D eigenvalue weighted by atomic mass is 32.1. The molecule has 102 valence electrons. The minimum absolute atomic E-state index is 0.339. The van der Waals surface area contributed by atoms with Crippen LogP contribution in [0.5, 0.6) is 0 Å². The van der Waals surface area contributed by atoms with E-state index in [0.29, 0.717) is 4.88 Å². The Morgan fingerprint density at radius 3 is 2.48 bits per heavy atom. The molecular formula is C18H12O2S. The van der Waals surface area contributed by atoms with Crippen LogP contribution in [-0.2, 0) is 4.74 Å². The van der Waals surface area contributed by atoms with Gasteiger partial charge in [-0.15, -0.1) is 11.3 Å². The summed E-state index contributed by atoms with van der Waals surface area (Å²) in [6.07, 6.45) is 0. The summed E-state index contributed by atoms with van der Waals surface area (Å²) in [5.41, 5.74) is 1.66. The molecule has 0 amide bonds. The molecule has 0 aliphatic carbocycles. The van der Waals surface area contributed by atoms with Gasteiger partial charge in [0.25, 0.3) is 0 Å². The minimum atomic E-state index is -0.339. The molecular weight excluding hydrogens is 280 g/mol. The number of esters is 1. The van der Waals surface area contributed by atoms with Crippen molar-refractivity contribution in [3.8, 4) is 11.8 Å². The van der Waals surface area contributed by atoms with Gasteiger partial charge < -0.3 is 4.74 Å². The summed E-state index contributed by atoms with van der Waals surface area (Å²) >= 11 is 1.41. The van der Waals surface area contributed by atoms with Crippen molar-refractivity contribution in [1.82, 2.24) is 0 Å². The van der Waals surface area contributed by atoms with Gasteiger partial charge >= 0.3 is 5.97 Å². The molecule has 0 fully saturated rings. The molecule has 2 nitrogen and oxygen atoms in total. The highest BCUT2D eigenvalue weighted by Gasteiger charge is 2.17. The fraction of sp³-hybridized carbons (Fsp3) is 0.0556. The number of carbonyl (C=O) groups excluding carboxylic acids is 1. The zero-order valence-electron chi connectivity index (χ0n) is 11.4. The van der Waals surface area contributed by atoms with Crippen molar-refractivity contribution in [3.63, 3.8) is 0 Å². The first-order chi connectivity index (χ1) is 10.3. The third-order valence-corrected chi connectivity index (χ3v) is 4.22. The second-order valence-electron chi connectivity index (χ2n) is 4.41. The predicted molar refractivity (Wildman–Crippen MR) is 85.6 cm³/mol. The molecule has 0 aliphatic rings. The molecule has 0 unspecified atom stereocenters. The quantitative estimate of drug-likeness (QED) is 0.499. The van der Waals surface area contributed by atoms with E-state index in [4.69, 9.17) is 4.74 Å². The summed E-state index contributed by atoms with van der Waals surface area (Å²) in [5.74, 6) is 5.90. The summed E-state index contributed by atoms with van der Waals surface area (Å²) in [4.78, 5) is 12.5. The molecule has 3 rings (SSSR count). The van der Waals surface area contributed by atoms with Gasteiger partial charge in [-0.3, -0.25) is 0 Å². The van der Waals surface area contributed by atoms with Crippen molar-refractivity contribution in [1.29, 1.82) is 0 Å². The van der Waals surface area contributed by atoms with Crippen LogP contribution in [-0.4, -0.2) is 13.1 Å². The van der Waals surface area contributed by atoms with Gasteiger partial charge in [0.05, 0.1) is 12.7 Å². The van der Waals surface area contributed by atoms with Crippen LogP contribution < -0.4 is 0 Å². The average Bonchev–Trinajstić information content (AvgIpc) is 2.92. The maximum Gasteiger partial charge on any atom is 0.349 e. The fourth-order valence-electron chi connectivity index (χ4n) is 2.06. The van der Waals surface area contributed by atoms with E-state index >= 15 is 0 Å². The number of hydrogen-bond acceptors (Lipinski definition) is 3. The zero-order chi connectivity index (χ0) is 14.7. The predicted octanol–water partition coefficient (Wildman–Crippen LogP) is 4.09. The Kier molecular flexibility index (Phi) is 3.72. The lowest BCUT2D eigenvalue weighted by molar-refractivity contribution is 0.0606. The van der Waals surface area contributed by atoms with Crippen molar-refractivity contribution < 1.29 is 9.53 Å². The van der Waals surface area contributed by atoms with Crippen LogP contribution in [0.1, 0.15) is 20.8 Å². The number of methoxy groups -OCH3 is 1. The second-order valence-corrected chi connectivity index (χ2v) is 5.46. The van der Waals surface area contributed by atoms with Crippen molar-refractivity contribution in [2.24, 2.45) is 0 Å². The summed E-state index contributed by atoms with van der Waals surface area (Å²) in [7, 11) is 1.39. The van der Waals surface area contributed by atoms with E-state index in [1.165, 1.54) is 18.4 Å². The van der Waals surface area contributed by atoms with Crippen molar-refractivity contribution in [2.45, 2.75) is 0 Å². The summed E-state index contributed by atoms with van der Waals surface area (Å²) in [6.45, 7) is 0. The molecule has 3 aromatic rings. The Bertz CT molecular complexity index is 851. The minimum Gasteiger partial charge on any atom is -0.465 e. The fourth-order valence-corrected chi connectivity index (χ4v) is 3.14. The molecule has 0 bridgehead atoms.